The fourth-order valence-corrected chi connectivity index (χ4v) is 2.59. The molecule has 0 saturated heterocycles. The van der Waals surface area contributed by atoms with Crippen molar-refractivity contribution in [3.8, 4) is 0 Å². The standard InChI is InChI=1S/C14H12BrN3O2S/c15-9-5-6-13(17-7-9)18-14(20)10-3-1-2-4-11(10)21-8-12(16)19/h1-7H,8H2,(H2,16,19)(H,17,18,20). The first-order valence-electron chi connectivity index (χ1n) is 5.99. The van der Waals surface area contributed by atoms with Crippen LogP contribution < -0.4 is 11.1 Å². The van der Waals surface area contributed by atoms with E-state index < -0.39 is 5.91 Å². The molecule has 0 fully saturated rings. The van der Waals surface area contributed by atoms with E-state index in [1.165, 1.54) is 11.8 Å². The number of primary amides is 1. The number of carbonyl (C=O) groups is 2. The smallest absolute Gasteiger partial charge is 0.257 e. The zero-order valence-electron chi connectivity index (χ0n) is 10.9. The molecule has 108 valence electrons. The number of pyridine rings is 1. The molecule has 2 amide bonds. The van der Waals surface area contributed by atoms with Gasteiger partial charge in [0.25, 0.3) is 5.91 Å². The SMILES string of the molecule is NC(=O)CSc1ccccc1C(=O)Nc1ccc(Br)cn1. The zero-order chi connectivity index (χ0) is 15.2. The Balaban J connectivity index is 2.14. The maximum absolute atomic E-state index is 12.3. The molecule has 0 bridgehead atoms. The maximum Gasteiger partial charge on any atom is 0.257 e. The number of hydrogen-bond donors (Lipinski definition) is 2. The molecule has 1 aromatic carbocycles. The van der Waals surface area contributed by atoms with Crippen LogP contribution >= 0.6 is 27.7 Å². The summed E-state index contributed by atoms with van der Waals surface area (Å²) in [4.78, 5) is 27.9. The van der Waals surface area contributed by atoms with Gasteiger partial charge in [-0.1, -0.05) is 12.1 Å². The lowest BCUT2D eigenvalue weighted by Crippen LogP contribution is -2.16. The van der Waals surface area contributed by atoms with Crippen LogP contribution in [0.4, 0.5) is 5.82 Å². The highest BCUT2D eigenvalue weighted by atomic mass is 79.9. The van der Waals surface area contributed by atoms with Gasteiger partial charge in [-0.05, 0) is 40.2 Å². The predicted octanol–water partition coefficient (Wildman–Crippen LogP) is 2.67. The van der Waals surface area contributed by atoms with E-state index in [1.807, 2.05) is 0 Å². The predicted molar refractivity (Wildman–Crippen MR) is 86.3 cm³/mol. The largest absolute Gasteiger partial charge is 0.369 e. The molecule has 2 aromatic rings. The summed E-state index contributed by atoms with van der Waals surface area (Å²) in [7, 11) is 0. The van der Waals surface area contributed by atoms with E-state index in [1.54, 1.807) is 42.6 Å². The molecule has 0 radical (unpaired) electrons. The van der Waals surface area contributed by atoms with Crippen LogP contribution in [0, 0.1) is 0 Å². The Morgan fingerprint density at radius 3 is 2.67 bits per heavy atom. The lowest BCUT2D eigenvalue weighted by atomic mass is 10.2. The third kappa shape index (κ3) is 4.57. The van der Waals surface area contributed by atoms with Gasteiger partial charge >= 0.3 is 0 Å². The molecule has 0 aliphatic rings. The third-order valence-electron chi connectivity index (χ3n) is 2.47. The molecule has 7 heteroatoms. The first-order chi connectivity index (χ1) is 10.1. The number of halogens is 1. The minimum Gasteiger partial charge on any atom is -0.369 e. The van der Waals surface area contributed by atoms with Crippen molar-refractivity contribution in [1.82, 2.24) is 4.98 Å². The molecule has 5 nitrogen and oxygen atoms in total. The number of nitrogens with two attached hydrogens (primary N) is 1. The molecule has 0 atom stereocenters. The Hall–Kier alpha value is -1.86. The molecule has 0 aliphatic carbocycles. The number of aromatic nitrogens is 1. The Bertz CT molecular complexity index is 662. The van der Waals surface area contributed by atoms with Crippen LogP contribution in [-0.4, -0.2) is 22.6 Å². The van der Waals surface area contributed by atoms with Crippen molar-refractivity contribution < 1.29 is 9.59 Å². The molecule has 0 unspecified atom stereocenters. The van der Waals surface area contributed by atoms with Gasteiger partial charge in [0, 0.05) is 15.6 Å². The summed E-state index contributed by atoms with van der Waals surface area (Å²) in [5.74, 6) is -0.124. The van der Waals surface area contributed by atoms with E-state index in [4.69, 9.17) is 5.73 Å². The average molecular weight is 366 g/mol. The topological polar surface area (TPSA) is 85.1 Å². The molecular weight excluding hydrogens is 354 g/mol. The van der Waals surface area contributed by atoms with Crippen molar-refractivity contribution in [2.24, 2.45) is 5.73 Å². The van der Waals surface area contributed by atoms with Crippen molar-refractivity contribution >= 4 is 45.3 Å². The fourth-order valence-electron chi connectivity index (χ4n) is 1.56. The molecule has 21 heavy (non-hydrogen) atoms. The van der Waals surface area contributed by atoms with E-state index in [0.29, 0.717) is 16.3 Å². The summed E-state index contributed by atoms with van der Waals surface area (Å²) in [6.07, 6.45) is 1.60. The normalized spacial score (nSPS) is 10.1. The van der Waals surface area contributed by atoms with Gasteiger partial charge in [0.05, 0.1) is 11.3 Å². The minimum absolute atomic E-state index is 0.126. The van der Waals surface area contributed by atoms with Gasteiger partial charge in [-0.2, -0.15) is 0 Å². The number of hydrogen-bond acceptors (Lipinski definition) is 4. The van der Waals surface area contributed by atoms with E-state index in [2.05, 4.69) is 26.2 Å². The summed E-state index contributed by atoms with van der Waals surface area (Å²) < 4.78 is 0.831. The van der Waals surface area contributed by atoms with E-state index >= 15 is 0 Å². The molecular formula is C14H12BrN3O2S. The van der Waals surface area contributed by atoms with Crippen molar-refractivity contribution in [3.63, 3.8) is 0 Å². The van der Waals surface area contributed by atoms with Gasteiger partial charge in [0.2, 0.25) is 5.91 Å². The van der Waals surface area contributed by atoms with Crippen LogP contribution in [0.1, 0.15) is 10.4 Å². The fraction of sp³-hybridized carbons (Fsp3) is 0.0714. The second kappa shape index (κ2) is 7.24. The van der Waals surface area contributed by atoms with Crippen LogP contribution in [-0.2, 0) is 4.79 Å². The second-order valence-electron chi connectivity index (χ2n) is 4.07. The number of thioether (sulfide) groups is 1. The third-order valence-corrected chi connectivity index (χ3v) is 4.04. The van der Waals surface area contributed by atoms with Crippen LogP contribution in [0.3, 0.4) is 0 Å². The van der Waals surface area contributed by atoms with Crippen LogP contribution in [0.5, 0.6) is 0 Å². The van der Waals surface area contributed by atoms with Gasteiger partial charge in [0.1, 0.15) is 5.82 Å². The van der Waals surface area contributed by atoms with Crippen LogP contribution in [0.15, 0.2) is 52.0 Å². The van der Waals surface area contributed by atoms with Crippen molar-refractivity contribution in [1.29, 1.82) is 0 Å². The highest BCUT2D eigenvalue weighted by Crippen LogP contribution is 2.23. The van der Waals surface area contributed by atoms with Crippen molar-refractivity contribution in [2.45, 2.75) is 4.90 Å². The average Bonchev–Trinajstić information content (AvgIpc) is 2.47. The number of nitrogens with zero attached hydrogens (tertiary/aromatic N) is 1. The summed E-state index contributed by atoms with van der Waals surface area (Å²) in [5.41, 5.74) is 5.61. The molecule has 1 heterocycles. The molecule has 0 aliphatic heterocycles. The van der Waals surface area contributed by atoms with Crippen LogP contribution in [0.25, 0.3) is 0 Å². The molecule has 0 spiro atoms. The summed E-state index contributed by atoms with van der Waals surface area (Å²) >= 11 is 4.51. The van der Waals surface area contributed by atoms with Crippen molar-refractivity contribution in [3.05, 3.63) is 52.6 Å². The number of rotatable bonds is 5. The molecule has 3 N–H and O–H groups in total. The Labute approximate surface area is 134 Å². The van der Waals surface area contributed by atoms with E-state index in [-0.39, 0.29) is 11.7 Å². The first-order valence-corrected chi connectivity index (χ1v) is 7.77. The number of amides is 2. The van der Waals surface area contributed by atoms with E-state index in [9.17, 15) is 9.59 Å². The zero-order valence-corrected chi connectivity index (χ0v) is 13.3. The lowest BCUT2D eigenvalue weighted by molar-refractivity contribution is -0.115. The van der Waals surface area contributed by atoms with E-state index in [0.717, 1.165) is 4.47 Å². The quantitative estimate of drug-likeness (QED) is 0.797. The minimum atomic E-state index is -0.426. The molecule has 1 aromatic heterocycles. The summed E-state index contributed by atoms with van der Waals surface area (Å²) in [5, 5.41) is 2.71. The Morgan fingerprint density at radius 2 is 2.00 bits per heavy atom. The van der Waals surface area contributed by atoms with Crippen molar-refractivity contribution in [2.75, 3.05) is 11.1 Å². The molecule has 0 saturated carbocycles. The van der Waals surface area contributed by atoms with Crippen LogP contribution in [0.2, 0.25) is 0 Å². The lowest BCUT2D eigenvalue weighted by Gasteiger charge is -2.08. The Morgan fingerprint density at radius 1 is 1.24 bits per heavy atom. The van der Waals surface area contributed by atoms with Gasteiger partial charge in [-0.25, -0.2) is 4.98 Å². The maximum atomic E-state index is 12.3. The number of benzene rings is 1. The monoisotopic (exact) mass is 365 g/mol. The highest BCUT2D eigenvalue weighted by Gasteiger charge is 2.12. The highest BCUT2D eigenvalue weighted by molar-refractivity contribution is 9.10. The number of carbonyl (C=O) groups excluding carboxylic acids is 2. The van der Waals surface area contributed by atoms with Gasteiger partial charge in [0.15, 0.2) is 0 Å². The molecule has 2 rings (SSSR count). The Kier molecular flexibility index (Phi) is 5.35. The summed E-state index contributed by atoms with van der Waals surface area (Å²) in [6, 6.07) is 10.5. The van der Waals surface area contributed by atoms with Gasteiger partial charge in [-0.3, -0.25) is 9.59 Å². The first kappa shape index (κ1) is 15.5. The number of nitrogens with one attached hydrogen (secondary N) is 1. The van der Waals surface area contributed by atoms with Gasteiger partial charge in [-0.15, -0.1) is 11.8 Å². The van der Waals surface area contributed by atoms with Gasteiger partial charge < -0.3 is 11.1 Å². The summed E-state index contributed by atoms with van der Waals surface area (Å²) in [6.45, 7) is 0. The second-order valence-corrected chi connectivity index (χ2v) is 6.00. The number of anilines is 1.